The fourth-order valence-electron chi connectivity index (χ4n) is 2.49. The third kappa shape index (κ3) is 4.39. The molecule has 0 fully saturated rings. The van der Waals surface area contributed by atoms with E-state index in [1.807, 2.05) is 31.2 Å². The molecule has 26 heavy (non-hydrogen) atoms. The van der Waals surface area contributed by atoms with Crippen molar-refractivity contribution in [2.45, 2.75) is 24.4 Å². The van der Waals surface area contributed by atoms with Gasteiger partial charge in [0, 0.05) is 6.26 Å². The van der Waals surface area contributed by atoms with Gasteiger partial charge < -0.3 is 10.6 Å². The largest absolute Gasteiger partial charge is 0.332 e. The highest BCUT2D eigenvalue weighted by molar-refractivity contribution is 7.90. The minimum atomic E-state index is -3.22. The second kappa shape index (κ2) is 7.43. The maximum atomic E-state index is 12.1. The molecule has 2 amide bonds. The van der Waals surface area contributed by atoms with Crippen LogP contribution in [0.25, 0.3) is 10.2 Å². The van der Waals surface area contributed by atoms with Crippen molar-refractivity contribution in [1.29, 1.82) is 0 Å². The smallest absolute Gasteiger partial charge is 0.315 e. The molecule has 0 radical (unpaired) electrons. The number of fused-ring (bicyclic) bond motifs is 1. The Labute approximate surface area is 156 Å². The molecular weight excluding hydrogens is 370 g/mol. The van der Waals surface area contributed by atoms with Crippen molar-refractivity contribution in [2.24, 2.45) is 0 Å². The van der Waals surface area contributed by atoms with Gasteiger partial charge in [-0.1, -0.05) is 24.3 Å². The van der Waals surface area contributed by atoms with Crippen LogP contribution in [-0.2, 0) is 16.4 Å². The number of nitrogens with zero attached hydrogens (tertiary/aromatic N) is 1. The lowest BCUT2D eigenvalue weighted by atomic mass is 10.1. The first-order valence-electron chi connectivity index (χ1n) is 8.02. The summed E-state index contributed by atoms with van der Waals surface area (Å²) in [6.45, 7) is 2.19. The van der Waals surface area contributed by atoms with E-state index in [2.05, 4.69) is 15.6 Å². The fraction of sp³-hybridized carbons (Fsp3) is 0.222. The van der Waals surface area contributed by atoms with Crippen LogP contribution in [0.2, 0.25) is 0 Å². The molecule has 1 heterocycles. The van der Waals surface area contributed by atoms with Crippen molar-refractivity contribution in [3.63, 3.8) is 0 Å². The van der Waals surface area contributed by atoms with E-state index in [0.717, 1.165) is 20.8 Å². The van der Waals surface area contributed by atoms with Crippen LogP contribution >= 0.6 is 11.3 Å². The zero-order valence-electron chi connectivity index (χ0n) is 14.4. The van der Waals surface area contributed by atoms with Gasteiger partial charge in [-0.05, 0) is 36.8 Å². The van der Waals surface area contributed by atoms with Crippen LogP contribution in [0.15, 0.2) is 53.4 Å². The maximum absolute atomic E-state index is 12.1. The average molecular weight is 390 g/mol. The number of carbonyl (C=O) groups is 1. The number of nitrogens with one attached hydrogen (secondary N) is 2. The number of hydrogen-bond donors (Lipinski definition) is 2. The number of thiazole rings is 1. The van der Waals surface area contributed by atoms with Gasteiger partial charge in [0.05, 0.1) is 27.7 Å². The number of para-hydroxylation sites is 1. The van der Waals surface area contributed by atoms with Gasteiger partial charge in [-0.25, -0.2) is 18.2 Å². The molecular formula is C18H19N3O3S2. The van der Waals surface area contributed by atoms with Crippen molar-refractivity contribution >= 4 is 37.4 Å². The van der Waals surface area contributed by atoms with E-state index in [1.54, 1.807) is 35.6 Å². The number of carbonyl (C=O) groups excluding carboxylic acids is 1. The Balaban J connectivity index is 1.57. The van der Waals surface area contributed by atoms with Gasteiger partial charge in [-0.3, -0.25) is 0 Å². The average Bonchev–Trinajstić information content (AvgIpc) is 3.02. The van der Waals surface area contributed by atoms with Crippen LogP contribution in [0, 0.1) is 0 Å². The fourth-order valence-corrected chi connectivity index (χ4v) is 4.02. The van der Waals surface area contributed by atoms with E-state index in [9.17, 15) is 13.2 Å². The highest BCUT2D eigenvalue weighted by atomic mass is 32.2. The van der Waals surface area contributed by atoms with E-state index < -0.39 is 9.84 Å². The van der Waals surface area contributed by atoms with Crippen LogP contribution in [0.1, 0.15) is 23.5 Å². The molecule has 2 aromatic carbocycles. The highest BCUT2D eigenvalue weighted by Crippen LogP contribution is 2.21. The van der Waals surface area contributed by atoms with Crippen molar-refractivity contribution < 1.29 is 13.2 Å². The third-order valence-electron chi connectivity index (χ3n) is 3.89. The van der Waals surface area contributed by atoms with Crippen LogP contribution in [0.4, 0.5) is 4.79 Å². The van der Waals surface area contributed by atoms with Gasteiger partial charge in [-0.15, -0.1) is 11.3 Å². The van der Waals surface area contributed by atoms with Gasteiger partial charge in [-0.2, -0.15) is 0 Å². The molecule has 0 bridgehead atoms. The Morgan fingerprint density at radius 3 is 2.50 bits per heavy atom. The molecule has 0 aliphatic rings. The summed E-state index contributed by atoms with van der Waals surface area (Å²) < 4.78 is 24.1. The summed E-state index contributed by atoms with van der Waals surface area (Å²) in [6.07, 6.45) is 1.17. The standard InChI is InChI=1S/C18H19N3O3S2/c1-12(13-7-9-14(10-8-13)26(2,23)24)20-18(22)19-11-17-21-15-5-3-4-6-16(15)25-17/h3-10,12H,11H2,1-2H3,(H2,19,20,22). The lowest BCUT2D eigenvalue weighted by molar-refractivity contribution is 0.237. The number of sulfone groups is 1. The number of aromatic nitrogens is 1. The predicted octanol–water partition coefficient (Wildman–Crippen LogP) is 3.26. The van der Waals surface area contributed by atoms with E-state index in [-0.39, 0.29) is 17.0 Å². The van der Waals surface area contributed by atoms with Crippen LogP contribution in [0.3, 0.4) is 0 Å². The molecule has 8 heteroatoms. The molecule has 3 rings (SSSR count). The topological polar surface area (TPSA) is 88.2 Å². The van der Waals surface area contributed by atoms with E-state index in [0.29, 0.717) is 6.54 Å². The predicted molar refractivity (Wildman–Crippen MR) is 103 cm³/mol. The zero-order chi connectivity index (χ0) is 18.7. The summed E-state index contributed by atoms with van der Waals surface area (Å²) in [5.41, 5.74) is 1.75. The van der Waals surface area contributed by atoms with E-state index in [1.165, 1.54) is 6.26 Å². The molecule has 1 unspecified atom stereocenters. The van der Waals surface area contributed by atoms with Crippen LogP contribution in [0.5, 0.6) is 0 Å². The van der Waals surface area contributed by atoms with Gasteiger partial charge >= 0.3 is 6.03 Å². The normalized spacial score (nSPS) is 12.7. The lowest BCUT2D eigenvalue weighted by Crippen LogP contribution is -2.36. The highest BCUT2D eigenvalue weighted by Gasteiger charge is 2.12. The molecule has 1 aromatic heterocycles. The molecule has 1 atom stereocenters. The first-order chi connectivity index (χ1) is 12.3. The van der Waals surface area contributed by atoms with Gasteiger partial charge in [0.15, 0.2) is 9.84 Å². The van der Waals surface area contributed by atoms with Gasteiger partial charge in [0.2, 0.25) is 0 Å². The molecule has 0 saturated carbocycles. The summed E-state index contributed by atoms with van der Waals surface area (Å²) >= 11 is 1.55. The second-order valence-electron chi connectivity index (χ2n) is 5.97. The van der Waals surface area contributed by atoms with Gasteiger partial charge in [0.1, 0.15) is 5.01 Å². The number of amides is 2. The monoisotopic (exact) mass is 389 g/mol. The Morgan fingerprint density at radius 2 is 1.85 bits per heavy atom. The summed E-state index contributed by atoms with van der Waals surface area (Å²) in [7, 11) is -3.22. The molecule has 0 aliphatic heterocycles. The summed E-state index contributed by atoms with van der Waals surface area (Å²) in [4.78, 5) is 16.8. The summed E-state index contributed by atoms with van der Waals surface area (Å²) in [5, 5.41) is 6.47. The van der Waals surface area contributed by atoms with Crippen molar-refractivity contribution in [3.05, 3.63) is 59.1 Å². The quantitative estimate of drug-likeness (QED) is 0.701. The molecule has 0 saturated heterocycles. The Kier molecular flexibility index (Phi) is 5.24. The van der Waals surface area contributed by atoms with Crippen LogP contribution in [-0.4, -0.2) is 25.7 Å². The Morgan fingerprint density at radius 1 is 1.15 bits per heavy atom. The SMILES string of the molecule is CC(NC(=O)NCc1nc2ccccc2s1)c1ccc(S(C)(=O)=O)cc1. The summed E-state index contributed by atoms with van der Waals surface area (Å²) in [5.74, 6) is 0. The van der Waals surface area contributed by atoms with Gasteiger partial charge in [0.25, 0.3) is 0 Å². The van der Waals surface area contributed by atoms with Crippen molar-refractivity contribution in [1.82, 2.24) is 15.6 Å². The second-order valence-corrected chi connectivity index (χ2v) is 9.10. The number of hydrogen-bond acceptors (Lipinski definition) is 5. The number of benzene rings is 2. The molecule has 2 N–H and O–H groups in total. The first-order valence-corrected chi connectivity index (χ1v) is 10.7. The number of rotatable bonds is 5. The lowest BCUT2D eigenvalue weighted by Gasteiger charge is -2.15. The molecule has 3 aromatic rings. The van der Waals surface area contributed by atoms with E-state index >= 15 is 0 Å². The summed E-state index contributed by atoms with van der Waals surface area (Å²) in [6, 6.07) is 13.8. The van der Waals surface area contributed by atoms with E-state index in [4.69, 9.17) is 0 Å². The third-order valence-corrected chi connectivity index (χ3v) is 6.06. The number of urea groups is 1. The van der Waals surface area contributed by atoms with Crippen LogP contribution < -0.4 is 10.6 Å². The Bertz CT molecular complexity index is 994. The van der Waals surface area contributed by atoms with Crippen molar-refractivity contribution in [2.75, 3.05) is 6.26 Å². The molecule has 6 nitrogen and oxygen atoms in total. The molecule has 0 aliphatic carbocycles. The molecule has 136 valence electrons. The minimum absolute atomic E-state index is 0.251. The molecule has 0 spiro atoms. The zero-order valence-corrected chi connectivity index (χ0v) is 16.0. The maximum Gasteiger partial charge on any atom is 0.315 e. The Hall–Kier alpha value is -2.45. The van der Waals surface area contributed by atoms with Crippen molar-refractivity contribution in [3.8, 4) is 0 Å². The minimum Gasteiger partial charge on any atom is -0.332 e. The first kappa shape index (κ1) is 18.3.